The summed E-state index contributed by atoms with van der Waals surface area (Å²) in [5, 5.41) is 14.3. The number of carbonyl (C=O) groups is 6. The second-order valence-corrected chi connectivity index (χ2v) is 17.4. The van der Waals surface area contributed by atoms with Crippen LogP contribution in [0, 0.1) is 17.8 Å². The molecule has 17 heteroatoms. The Morgan fingerprint density at radius 1 is 0.750 bits per heavy atom. The molecule has 0 saturated carbocycles. The number of nitrogens with two attached hydrogens (primary N) is 2. The number of benzene rings is 1. The number of nitrogens with zero attached hydrogens (tertiary/aromatic N) is 1. The Bertz CT molecular complexity index is 1650. The van der Waals surface area contributed by atoms with Crippen LogP contribution in [0.3, 0.4) is 0 Å². The van der Waals surface area contributed by atoms with Gasteiger partial charge in [0, 0.05) is 49.6 Å². The third-order valence-corrected chi connectivity index (χ3v) is 9.89. The van der Waals surface area contributed by atoms with Gasteiger partial charge in [-0.25, -0.2) is 9.78 Å². The van der Waals surface area contributed by atoms with E-state index >= 15 is 0 Å². The number of H-pyrrole nitrogens is 1. The van der Waals surface area contributed by atoms with Gasteiger partial charge in [0.1, 0.15) is 23.7 Å². The number of hydrogen-bond acceptors (Lipinski definition) is 11. The van der Waals surface area contributed by atoms with E-state index in [9.17, 15) is 28.8 Å². The van der Waals surface area contributed by atoms with Gasteiger partial charge in [0.25, 0.3) is 0 Å². The Labute approximate surface area is 355 Å². The molecular formula is C43H71N9O8. The van der Waals surface area contributed by atoms with Gasteiger partial charge in [-0.3, -0.25) is 24.0 Å². The van der Waals surface area contributed by atoms with Gasteiger partial charge < -0.3 is 52.5 Å². The molecule has 1 aromatic carbocycles. The Hall–Kier alpha value is -5.03. The number of esters is 1. The van der Waals surface area contributed by atoms with Crippen LogP contribution in [0.4, 0.5) is 4.79 Å². The fraction of sp³-hybridized carbons (Fsp3) is 0.651. The molecule has 1 heterocycles. The molecule has 5 amide bonds. The van der Waals surface area contributed by atoms with E-state index < -0.39 is 83.6 Å². The third-order valence-electron chi connectivity index (χ3n) is 9.89. The highest BCUT2D eigenvalue weighted by Gasteiger charge is 2.34. The number of rotatable bonds is 24. The molecule has 60 heavy (non-hydrogen) atoms. The first-order valence-corrected chi connectivity index (χ1v) is 20.9. The maximum absolute atomic E-state index is 14.2. The lowest BCUT2D eigenvalue weighted by molar-refractivity contribution is -0.141. The van der Waals surface area contributed by atoms with Crippen LogP contribution in [0.5, 0.6) is 0 Å². The zero-order valence-electron chi connectivity index (χ0n) is 37.1. The fourth-order valence-corrected chi connectivity index (χ4v) is 6.56. The number of aromatic amines is 1. The summed E-state index contributed by atoms with van der Waals surface area (Å²) in [6.45, 7) is 16.7. The predicted molar refractivity (Wildman–Crippen MR) is 229 cm³/mol. The number of nitrogens with one attached hydrogen (secondary N) is 6. The molecule has 0 spiro atoms. The number of aromatic nitrogens is 2. The normalized spacial score (nSPS) is 15.6. The van der Waals surface area contributed by atoms with Crippen molar-refractivity contribution in [2.45, 2.75) is 155 Å². The summed E-state index contributed by atoms with van der Waals surface area (Å²) >= 11 is 0. The maximum Gasteiger partial charge on any atom is 0.408 e. The molecule has 8 atom stereocenters. The molecule has 10 N–H and O–H groups in total. The first-order chi connectivity index (χ1) is 28.1. The molecule has 0 fully saturated rings. The van der Waals surface area contributed by atoms with E-state index in [-0.39, 0.29) is 43.4 Å². The minimum Gasteiger partial charge on any atom is -0.469 e. The number of ether oxygens (including phenoxy) is 2. The van der Waals surface area contributed by atoms with E-state index in [0.29, 0.717) is 25.0 Å². The average Bonchev–Trinajstić information content (AvgIpc) is 3.67. The predicted octanol–water partition coefficient (Wildman–Crippen LogP) is 2.77. The van der Waals surface area contributed by atoms with Crippen LogP contribution in [-0.2, 0) is 46.3 Å². The summed E-state index contributed by atoms with van der Waals surface area (Å²) in [4.78, 5) is 87.5. The summed E-state index contributed by atoms with van der Waals surface area (Å²) in [6.07, 6.45) is 3.54. The fourth-order valence-electron chi connectivity index (χ4n) is 6.56. The monoisotopic (exact) mass is 842 g/mol. The van der Waals surface area contributed by atoms with Crippen molar-refractivity contribution in [3.05, 3.63) is 54.1 Å². The second-order valence-electron chi connectivity index (χ2n) is 17.4. The summed E-state index contributed by atoms with van der Waals surface area (Å²) in [6, 6.07) is 3.07. The lowest BCUT2D eigenvalue weighted by atomic mass is 9.93. The van der Waals surface area contributed by atoms with Gasteiger partial charge >= 0.3 is 12.1 Å². The van der Waals surface area contributed by atoms with Crippen LogP contribution in [0.25, 0.3) is 0 Å². The van der Waals surface area contributed by atoms with Crippen molar-refractivity contribution in [3.63, 3.8) is 0 Å². The molecule has 0 bridgehead atoms. The standard InChI is InChI=1S/C43H71N9O8/c1-11-27(6)38(41(57)49-33(18-26(4)5)31(45)22-37(54)59-10)52-36(53)21-30(44)32(17-25(2)3)48-40(56)35(20-29-23-46-24-47-29)50-39(55)34(19-28-15-13-12-14-16-28)51-42(58)60-43(7,8)9/h12-16,23-27,30-35,38H,11,17-22,44-45H2,1-10H3,(H,46,47)(H,48,56)(H,49,57)(H,50,55)(H,51,58)(H,52,53)/t27-,30-,31-,32-,33-,34-,35-,38-/m0/s1. The number of imidazole rings is 1. The third kappa shape index (κ3) is 18.9. The van der Waals surface area contributed by atoms with Crippen LogP contribution >= 0.6 is 0 Å². The van der Waals surface area contributed by atoms with Gasteiger partial charge in [-0.15, -0.1) is 0 Å². The average molecular weight is 842 g/mol. The van der Waals surface area contributed by atoms with E-state index in [1.54, 1.807) is 27.0 Å². The topological polar surface area (TPSA) is 262 Å². The van der Waals surface area contributed by atoms with Crippen molar-refractivity contribution in [1.29, 1.82) is 0 Å². The molecule has 0 saturated heterocycles. The lowest BCUT2D eigenvalue weighted by Crippen LogP contribution is -2.59. The molecule has 17 nitrogen and oxygen atoms in total. The number of amides is 5. The molecule has 0 aliphatic carbocycles. The molecular weight excluding hydrogens is 771 g/mol. The van der Waals surface area contributed by atoms with Gasteiger partial charge in [0.2, 0.25) is 23.6 Å². The Morgan fingerprint density at radius 3 is 1.82 bits per heavy atom. The van der Waals surface area contributed by atoms with Crippen molar-refractivity contribution in [2.24, 2.45) is 29.2 Å². The van der Waals surface area contributed by atoms with Crippen LogP contribution in [0.2, 0.25) is 0 Å². The zero-order chi connectivity index (χ0) is 45.2. The van der Waals surface area contributed by atoms with Crippen molar-refractivity contribution in [1.82, 2.24) is 36.6 Å². The van der Waals surface area contributed by atoms with Gasteiger partial charge in [-0.1, -0.05) is 78.3 Å². The van der Waals surface area contributed by atoms with Crippen LogP contribution < -0.4 is 38.1 Å². The molecule has 0 aliphatic heterocycles. The molecule has 0 unspecified atom stereocenters. The number of methoxy groups -OCH3 is 1. The van der Waals surface area contributed by atoms with E-state index in [2.05, 4.69) is 36.6 Å². The van der Waals surface area contributed by atoms with Crippen molar-refractivity contribution in [3.8, 4) is 0 Å². The van der Waals surface area contributed by atoms with E-state index in [1.807, 2.05) is 71.9 Å². The lowest BCUT2D eigenvalue weighted by Gasteiger charge is -2.31. The Kier molecular flexibility index (Phi) is 21.2. The van der Waals surface area contributed by atoms with Crippen LogP contribution in [0.1, 0.15) is 106 Å². The second kappa shape index (κ2) is 24.9. The number of carbonyl (C=O) groups excluding carboxylic acids is 6. The number of hydrogen-bond donors (Lipinski definition) is 8. The van der Waals surface area contributed by atoms with Gasteiger partial charge in [-0.2, -0.15) is 0 Å². The highest BCUT2D eigenvalue weighted by atomic mass is 16.6. The molecule has 2 rings (SSSR count). The Balaban J connectivity index is 2.31. The first kappa shape index (κ1) is 51.1. The summed E-state index contributed by atoms with van der Waals surface area (Å²) in [5.41, 5.74) is 13.5. The van der Waals surface area contributed by atoms with Gasteiger partial charge in [-0.05, 0) is 56.9 Å². The molecule has 336 valence electrons. The SMILES string of the molecule is CC[C@H](C)[C@H](NC(=O)C[C@H](N)[C@H](CC(C)C)NC(=O)[C@H](Cc1c[nH]cn1)NC(=O)[C@H](Cc1ccccc1)NC(=O)OC(C)(C)C)C(=O)N[C@@H](CC(C)C)[C@@H](N)CC(=O)OC. The van der Waals surface area contributed by atoms with Crippen molar-refractivity contribution >= 4 is 35.7 Å². The first-order valence-electron chi connectivity index (χ1n) is 20.9. The minimum atomic E-state index is -1.15. The van der Waals surface area contributed by atoms with Gasteiger partial charge in [0.05, 0.1) is 25.6 Å². The van der Waals surface area contributed by atoms with Crippen molar-refractivity contribution < 1.29 is 38.2 Å². The quantitative estimate of drug-likeness (QED) is 0.0713. The van der Waals surface area contributed by atoms with Gasteiger partial charge in [0.15, 0.2) is 0 Å². The van der Waals surface area contributed by atoms with Crippen molar-refractivity contribution in [2.75, 3.05) is 7.11 Å². The largest absolute Gasteiger partial charge is 0.469 e. The van der Waals surface area contributed by atoms with E-state index in [1.165, 1.54) is 13.4 Å². The molecule has 0 aliphatic rings. The molecule has 1 aromatic heterocycles. The zero-order valence-corrected chi connectivity index (χ0v) is 37.1. The van der Waals surface area contributed by atoms with Crippen LogP contribution in [0.15, 0.2) is 42.9 Å². The number of alkyl carbamates (subject to hydrolysis) is 1. The van der Waals surface area contributed by atoms with E-state index in [0.717, 1.165) is 5.56 Å². The summed E-state index contributed by atoms with van der Waals surface area (Å²) < 4.78 is 10.2. The van der Waals surface area contributed by atoms with E-state index in [4.69, 9.17) is 20.9 Å². The summed E-state index contributed by atoms with van der Waals surface area (Å²) in [5.74, 6) is -2.69. The minimum absolute atomic E-state index is 0.00246. The smallest absolute Gasteiger partial charge is 0.408 e. The van der Waals surface area contributed by atoms with Crippen LogP contribution in [-0.4, -0.2) is 101 Å². The molecule has 2 aromatic rings. The highest BCUT2D eigenvalue weighted by molar-refractivity contribution is 5.92. The molecule has 0 radical (unpaired) electrons. The Morgan fingerprint density at radius 2 is 1.30 bits per heavy atom. The highest BCUT2D eigenvalue weighted by Crippen LogP contribution is 2.16. The maximum atomic E-state index is 14.2. The summed E-state index contributed by atoms with van der Waals surface area (Å²) in [7, 11) is 1.27.